The molecule has 0 radical (unpaired) electrons. The van der Waals surface area contributed by atoms with Gasteiger partial charge in [0.15, 0.2) is 0 Å². The van der Waals surface area contributed by atoms with Gasteiger partial charge in [-0.3, -0.25) is 4.79 Å². The maximum Gasteiger partial charge on any atom is 0.328 e. The molecule has 0 bridgehead atoms. The number of amides is 1. The number of unbranched alkanes of at least 4 members (excludes halogenated alkanes) is 9. The first kappa shape index (κ1) is 25.3. The van der Waals surface area contributed by atoms with Crippen LogP contribution in [0.4, 0.5) is 0 Å². The van der Waals surface area contributed by atoms with Gasteiger partial charge in [0, 0.05) is 16.7 Å². The topological polar surface area (TPSA) is 55.4 Å². The second-order valence-electron chi connectivity index (χ2n) is 7.63. The molecule has 1 aromatic rings. The fraction of sp³-hybridized carbons (Fsp3) is 0.538. The Morgan fingerprint density at radius 2 is 1.40 bits per heavy atom. The Morgan fingerprint density at radius 3 is 1.90 bits per heavy atom. The number of terminal acetylenes is 2. The van der Waals surface area contributed by atoms with Gasteiger partial charge in [0.2, 0.25) is 0 Å². The SMILES string of the molecule is C#Cc1cc(C#C)cc(C(=O)N[C@H](C)C(=O)OCCCCCCCCCCCC)c1. The van der Waals surface area contributed by atoms with Crippen LogP contribution >= 0.6 is 0 Å². The molecule has 4 nitrogen and oxygen atoms in total. The molecule has 0 aliphatic carbocycles. The van der Waals surface area contributed by atoms with E-state index in [1.165, 1.54) is 51.4 Å². The molecule has 1 rings (SSSR count). The van der Waals surface area contributed by atoms with E-state index in [1.54, 1.807) is 25.1 Å². The summed E-state index contributed by atoms with van der Waals surface area (Å²) in [5, 5.41) is 2.64. The van der Waals surface area contributed by atoms with Gasteiger partial charge in [-0.15, -0.1) is 12.8 Å². The monoisotopic (exact) mass is 409 g/mol. The zero-order chi connectivity index (χ0) is 22.2. The van der Waals surface area contributed by atoms with Gasteiger partial charge in [0.25, 0.3) is 5.91 Å². The van der Waals surface area contributed by atoms with E-state index in [0.29, 0.717) is 23.3 Å². The van der Waals surface area contributed by atoms with Crippen molar-refractivity contribution >= 4 is 11.9 Å². The van der Waals surface area contributed by atoms with Crippen LogP contribution in [0.3, 0.4) is 0 Å². The highest BCUT2D eigenvalue weighted by atomic mass is 16.5. The molecule has 0 fully saturated rings. The van der Waals surface area contributed by atoms with Crippen molar-refractivity contribution in [3.8, 4) is 24.7 Å². The summed E-state index contributed by atoms with van der Waals surface area (Å²) in [5.74, 6) is 4.09. The van der Waals surface area contributed by atoms with Gasteiger partial charge in [-0.1, -0.05) is 76.6 Å². The molecule has 162 valence electrons. The highest BCUT2D eigenvalue weighted by Gasteiger charge is 2.18. The number of esters is 1. The number of hydrogen-bond acceptors (Lipinski definition) is 3. The first-order valence-corrected chi connectivity index (χ1v) is 11.1. The molecule has 4 heteroatoms. The van der Waals surface area contributed by atoms with Gasteiger partial charge >= 0.3 is 5.97 Å². The van der Waals surface area contributed by atoms with E-state index in [9.17, 15) is 9.59 Å². The average molecular weight is 410 g/mol. The van der Waals surface area contributed by atoms with Gasteiger partial charge in [-0.2, -0.15) is 0 Å². The molecule has 1 N–H and O–H groups in total. The minimum absolute atomic E-state index is 0.327. The molecule has 0 spiro atoms. The quantitative estimate of drug-likeness (QED) is 0.260. The minimum Gasteiger partial charge on any atom is -0.464 e. The number of nitrogens with one attached hydrogen (secondary N) is 1. The zero-order valence-corrected chi connectivity index (χ0v) is 18.5. The maximum atomic E-state index is 12.4. The smallest absolute Gasteiger partial charge is 0.328 e. The van der Waals surface area contributed by atoms with E-state index in [4.69, 9.17) is 17.6 Å². The van der Waals surface area contributed by atoms with Gasteiger partial charge in [0.1, 0.15) is 6.04 Å². The molecular weight excluding hydrogens is 374 g/mol. The molecule has 1 aromatic carbocycles. The van der Waals surface area contributed by atoms with Crippen LogP contribution in [0.15, 0.2) is 18.2 Å². The molecule has 1 atom stereocenters. The molecule has 0 heterocycles. The van der Waals surface area contributed by atoms with Crippen LogP contribution in [0, 0.1) is 24.7 Å². The molecule has 0 unspecified atom stereocenters. The molecule has 0 saturated heterocycles. The van der Waals surface area contributed by atoms with Crippen LogP contribution in [-0.4, -0.2) is 24.5 Å². The van der Waals surface area contributed by atoms with E-state index < -0.39 is 17.9 Å². The lowest BCUT2D eigenvalue weighted by Crippen LogP contribution is -2.39. The highest BCUT2D eigenvalue weighted by Crippen LogP contribution is 2.11. The predicted molar refractivity (Wildman–Crippen MR) is 122 cm³/mol. The summed E-state index contributed by atoms with van der Waals surface area (Å²) in [6.45, 7) is 4.21. The van der Waals surface area contributed by atoms with Gasteiger partial charge in [-0.25, -0.2) is 4.79 Å². The Labute approximate surface area is 182 Å². The molecule has 0 aromatic heterocycles. The fourth-order valence-electron chi connectivity index (χ4n) is 3.15. The van der Waals surface area contributed by atoms with Crippen molar-refractivity contribution < 1.29 is 14.3 Å². The second-order valence-corrected chi connectivity index (χ2v) is 7.63. The molecule has 0 aliphatic rings. The number of rotatable bonds is 14. The number of ether oxygens (including phenoxy) is 1. The first-order valence-electron chi connectivity index (χ1n) is 11.1. The Morgan fingerprint density at radius 1 is 0.900 bits per heavy atom. The summed E-state index contributed by atoms with van der Waals surface area (Å²) in [4.78, 5) is 24.5. The van der Waals surface area contributed by atoms with Crippen LogP contribution in [0.5, 0.6) is 0 Å². The number of carbonyl (C=O) groups excluding carboxylic acids is 2. The standard InChI is InChI=1S/C26H35NO3/c1-5-8-9-10-11-12-13-14-15-16-17-30-26(29)21(4)27-25(28)24-19-22(6-2)18-23(7-3)20-24/h2-3,18-21H,5,8-17H2,1,4H3,(H,27,28)/t21-/m1/s1. The fourth-order valence-corrected chi connectivity index (χ4v) is 3.15. The van der Waals surface area contributed by atoms with E-state index in [1.807, 2.05) is 0 Å². The van der Waals surface area contributed by atoms with E-state index >= 15 is 0 Å². The van der Waals surface area contributed by atoms with Gasteiger partial charge in [-0.05, 0) is 31.5 Å². The summed E-state index contributed by atoms with van der Waals surface area (Å²) in [6, 6.07) is 4.04. The summed E-state index contributed by atoms with van der Waals surface area (Å²) in [6.07, 6.45) is 23.0. The van der Waals surface area contributed by atoms with Crippen LogP contribution in [0.1, 0.15) is 99.5 Å². The zero-order valence-electron chi connectivity index (χ0n) is 18.5. The second kappa shape index (κ2) is 15.2. The number of carbonyl (C=O) groups is 2. The highest BCUT2D eigenvalue weighted by molar-refractivity contribution is 5.97. The van der Waals surface area contributed by atoms with Gasteiger partial charge < -0.3 is 10.1 Å². The third-order valence-corrected chi connectivity index (χ3v) is 4.97. The molecule has 30 heavy (non-hydrogen) atoms. The van der Waals surface area contributed by atoms with Crippen LogP contribution in [0.2, 0.25) is 0 Å². The lowest BCUT2D eigenvalue weighted by molar-refractivity contribution is -0.145. The summed E-state index contributed by atoms with van der Waals surface area (Å²) in [7, 11) is 0. The first-order chi connectivity index (χ1) is 14.5. The summed E-state index contributed by atoms with van der Waals surface area (Å²) in [5.41, 5.74) is 1.37. The van der Waals surface area contributed by atoms with Crippen molar-refractivity contribution in [3.05, 3.63) is 34.9 Å². The molecule has 0 aliphatic heterocycles. The maximum absolute atomic E-state index is 12.4. The van der Waals surface area contributed by atoms with Crippen molar-refractivity contribution in [2.45, 2.75) is 84.1 Å². The Bertz CT molecular complexity index is 722. The van der Waals surface area contributed by atoms with Crippen molar-refractivity contribution in [3.63, 3.8) is 0 Å². The Balaban J connectivity index is 2.24. The molecule has 1 amide bonds. The Hall–Kier alpha value is -2.72. The van der Waals surface area contributed by atoms with Crippen molar-refractivity contribution in [1.29, 1.82) is 0 Å². The Kier molecular flexibility index (Phi) is 12.8. The van der Waals surface area contributed by atoms with E-state index in [-0.39, 0.29) is 0 Å². The third-order valence-electron chi connectivity index (χ3n) is 4.97. The van der Waals surface area contributed by atoms with E-state index in [2.05, 4.69) is 24.1 Å². The van der Waals surface area contributed by atoms with Crippen LogP contribution < -0.4 is 5.32 Å². The largest absolute Gasteiger partial charge is 0.464 e. The normalized spacial score (nSPS) is 11.2. The van der Waals surface area contributed by atoms with Gasteiger partial charge in [0.05, 0.1) is 6.61 Å². The minimum atomic E-state index is -0.746. The van der Waals surface area contributed by atoms with Crippen molar-refractivity contribution in [2.75, 3.05) is 6.61 Å². The van der Waals surface area contributed by atoms with Crippen molar-refractivity contribution in [2.24, 2.45) is 0 Å². The predicted octanol–water partition coefficient (Wildman–Crippen LogP) is 5.23. The summed E-state index contributed by atoms with van der Waals surface area (Å²) >= 11 is 0. The lowest BCUT2D eigenvalue weighted by Gasteiger charge is -2.14. The summed E-state index contributed by atoms with van der Waals surface area (Å²) < 4.78 is 5.28. The van der Waals surface area contributed by atoms with Crippen LogP contribution in [-0.2, 0) is 9.53 Å². The third kappa shape index (κ3) is 10.2. The molecule has 0 saturated carbocycles. The molecular formula is C26H35NO3. The average Bonchev–Trinajstić information content (AvgIpc) is 2.76. The van der Waals surface area contributed by atoms with E-state index in [0.717, 1.165) is 12.8 Å². The number of hydrogen-bond donors (Lipinski definition) is 1. The number of benzene rings is 1. The lowest BCUT2D eigenvalue weighted by atomic mass is 10.1. The van der Waals surface area contributed by atoms with Crippen molar-refractivity contribution in [1.82, 2.24) is 5.32 Å². The van der Waals surface area contributed by atoms with Crippen LogP contribution in [0.25, 0.3) is 0 Å².